The van der Waals surface area contributed by atoms with Crippen molar-refractivity contribution >= 4 is 11.8 Å². The number of hydrogen-bond acceptors (Lipinski definition) is 4. The predicted octanol–water partition coefficient (Wildman–Crippen LogP) is 0.806. The lowest BCUT2D eigenvalue weighted by atomic mass is 9.91. The molecular formula is C18H26N4O2. The van der Waals surface area contributed by atoms with Gasteiger partial charge in [-0.1, -0.05) is 6.07 Å². The molecule has 1 aromatic rings. The molecule has 0 spiro atoms. The lowest BCUT2D eigenvalue weighted by molar-refractivity contribution is -0.147. The van der Waals surface area contributed by atoms with Crippen LogP contribution in [0.3, 0.4) is 0 Å². The molecule has 0 saturated carbocycles. The average Bonchev–Trinajstić information content (AvgIpc) is 2.52. The van der Waals surface area contributed by atoms with Crippen LogP contribution in [-0.4, -0.2) is 59.8 Å². The summed E-state index contributed by atoms with van der Waals surface area (Å²) in [6.07, 6.45) is 1.86. The molecule has 130 valence electrons. The molecular weight excluding hydrogens is 304 g/mol. The van der Waals surface area contributed by atoms with Crippen molar-refractivity contribution in [3.8, 4) is 0 Å². The third-order valence-electron chi connectivity index (χ3n) is 5.02. The van der Waals surface area contributed by atoms with Gasteiger partial charge >= 0.3 is 0 Å². The van der Waals surface area contributed by atoms with Gasteiger partial charge in [0.25, 0.3) is 0 Å². The number of carbonyl (C=O) groups excluding carboxylic acids is 2. The second kappa shape index (κ2) is 7.30. The minimum atomic E-state index is -0.0787. The molecule has 2 aliphatic rings. The van der Waals surface area contributed by atoms with Gasteiger partial charge in [0.15, 0.2) is 0 Å². The first kappa shape index (κ1) is 16.9. The normalized spacial score (nSPS) is 19.8. The summed E-state index contributed by atoms with van der Waals surface area (Å²) in [5.41, 5.74) is 1.81. The van der Waals surface area contributed by atoms with Crippen LogP contribution in [0.25, 0.3) is 0 Å². The molecule has 0 atom stereocenters. The number of aromatic nitrogens is 1. The monoisotopic (exact) mass is 330 g/mol. The molecule has 6 heteroatoms. The summed E-state index contributed by atoms with van der Waals surface area (Å²) in [6.45, 7) is 5.45. The molecule has 24 heavy (non-hydrogen) atoms. The number of pyridine rings is 1. The summed E-state index contributed by atoms with van der Waals surface area (Å²) in [4.78, 5) is 33.1. The van der Waals surface area contributed by atoms with E-state index in [0.29, 0.717) is 19.6 Å². The Labute approximate surface area is 143 Å². The van der Waals surface area contributed by atoms with Crippen molar-refractivity contribution in [2.75, 3.05) is 33.2 Å². The first-order valence-corrected chi connectivity index (χ1v) is 8.70. The number of hydrogen-bond donors (Lipinski definition) is 1. The van der Waals surface area contributed by atoms with Crippen molar-refractivity contribution in [1.29, 1.82) is 0 Å². The minimum absolute atomic E-state index is 0.0192. The van der Waals surface area contributed by atoms with E-state index < -0.39 is 0 Å². The largest absolute Gasteiger partial charge is 0.350 e. The topological polar surface area (TPSA) is 65.5 Å². The van der Waals surface area contributed by atoms with Crippen molar-refractivity contribution in [2.24, 2.45) is 11.8 Å². The number of piperidine rings is 1. The van der Waals surface area contributed by atoms with Crippen LogP contribution in [0.2, 0.25) is 0 Å². The van der Waals surface area contributed by atoms with Crippen LogP contribution in [0.15, 0.2) is 18.2 Å². The summed E-state index contributed by atoms with van der Waals surface area (Å²) < 4.78 is 0. The second-order valence-corrected chi connectivity index (χ2v) is 7.01. The Balaban J connectivity index is 1.41. The number of nitrogens with one attached hydrogen (secondary N) is 1. The zero-order valence-corrected chi connectivity index (χ0v) is 14.5. The quantitative estimate of drug-likeness (QED) is 0.887. The van der Waals surface area contributed by atoms with Crippen molar-refractivity contribution < 1.29 is 9.59 Å². The van der Waals surface area contributed by atoms with E-state index in [1.165, 1.54) is 0 Å². The molecule has 2 saturated heterocycles. The van der Waals surface area contributed by atoms with Gasteiger partial charge in [-0.2, -0.15) is 0 Å². The third-order valence-corrected chi connectivity index (χ3v) is 5.02. The fourth-order valence-corrected chi connectivity index (χ4v) is 3.36. The number of carbonyl (C=O) groups is 2. The fraction of sp³-hybridized carbons (Fsp3) is 0.611. The highest BCUT2D eigenvalue weighted by Gasteiger charge is 2.38. The molecule has 6 nitrogen and oxygen atoms in total. The minimum Gasteiger partial charge on any atom is -0.350 e. The van der Waals surface area contributed by atoms with E-state index >= 15 is 0 Å². The van der Waals surface area contributed by atoms with Crippen LogP contribution in [0, 0.1) is 18.8 Å². The number of likely N-dealkylation sites (tertiary alicyclic amines) is 2. The van der Waals surface area contributed by atoms with Crippen LogP contribution < -0.4 is 5.32 Å². The molecule has 0 radical (unpaired) electrons. The van der Waals surface area contributed by atoms with Crippen LogP contribution >= 0.6 is 0 Å². The molecule has 0 aromatic carbocycles. The predicted molar refractivity (Wildman–Crippen MR) is 91.1 cm³/mol. The molecule has 1 N–H and O–H groups in total. The van der Waals surface area contributed by atoms with Gasteiger partial charge in [-0.05, 0) is 52.0 Å². The summed E-state index contributed by atoms with van der Waals surface area (Å²) in [6, 6.07) is 5.78. The molecule has 2 aliphatic heterocycles. The van der Waals surface area contributed by atoms with Crippen LogP contribution in [0.5, 0.6) is 0 Å². The molecule has 0 bridgehead atoms. The van der Waals surface area contributed by atoms with Gasteiger partial charge in [0, 0.05) is 24.7 Å². The van der Waals surface area contributed by atoms with Crippen molar-refractivity contribution in [1.82, 2.24) is 20.1 Å². The van der Waals surface area contributed by atoms with E-state index in [9.17, 15) is 9.59 Å². The lowest BCUT2D eigenvalue weighted by Gasteiger charge is -2.41. The third kappa shape index (κ3) is 3.93. The maximum Gasteiger partial charge on any atom is 0.227 e. The average molecular weight is 330 g/mol. The molecule has 0 unspecified atom stereocenters. The maximum atomic E-state index is 12.4. The Bertz CT molecular complexity index is 605. The van der Waals surface area contributed by atoms with E-state index in [2.05, 4.69) is 22.2 Å². The Kier molecular flexibility index (Phi) is 5.14. The van der Waals surface area contributed by atoms with Crippen LogP contribution in [-0.2, 0) is 16.1 Å². The van der Waals surface area contributed by atoms with Gasteiger partial charge in [0.1, 0.15) is 0 Å². The summed E-state index contributed by atoms with van der Waals surface area (Å²) in [7, 11) is 2.09. The van der Waals surface area contributed by atoms with Crippen molar-refractivity contribution in [2.45, 2.75) is 26.3 Å². The molecule has 3 rings (SSSR count). The van der Waals surface area contributed by atoms with Crippen LogP contribution in [0.4, 0.5) is 0 Å². The van der Waals surface area contributed by atoms with E-state index in [1.807, 2.05) is 30.0 Å². The first-order valence-electron chi connectivity index (χ1n) is 8.70. The molecule has 3 heterocycles. The smallest absolute Gasteiger partial charge is 0.227 e. The zero-order valence-electron chi connectivity index (χ0n) is 14.5. The standard InChI is InChI=1S/C18H26N4O2/c1-13-4-3-5-16(20-13)10-19-17(23)15-11-22(12-15)18(24)14-6-8-21(2)9-7-14/h3-5,14-15H,6-12H2,1-2H3,(H,19,23). The van der Waals surface area contributed by atoms with Crippen LogP contribution in [0.1, 0.15) is 24.2 Å². The summed E-state index contributed by atoms with van der Waals surface area (Å²) in [5.74, 6) is 0.310. The van der Waals surface area contributed by atoms with Gasteiger partial charge in [-0.3, -0.25) is 14.6 Å². The van der Waals surface area contributed by atoms with Gasteiger partial charge in [0.2, 0.25) is 11.8 Å². The highest BCUT2D eigenvalue weighted by atomic mass is 16.2. The Hall–Kier alpha value is -1.95. The summed E-state index contributed by atoms with van der Waals surface area (Å²) >= 11 is 0. The van der Waals surface area contributed by atoms with Crippen molar-refractivity contribution in [3.63, 3.8) is 0 Å². The number of rotatable bonds is 4. The Morgan fingerprint density at radius 1 is 1.21 bits per heavy atom. The van der Waals surface area contributed by atoms with Gasteiger partial charge in [-0.15, -0.1) is 0 Å². The van der Waals surface area contributed by atoms with Gasteiger partial charge in [0.05, 0.1) is 18.2 Å². The van der Waals surface area contributed by atoms with E-state index in [0.717, 1.165) is 37.3 Å². The second-order valence-electron chi connectivity index (χ2n) is 7.01. The molecule has 2 amide bonds. The first-order chi connectivity index (χ1) is 11.5. The highest BCUT2D eigenvalue weighted by molar-refractivity contribution is 5.85. The SMILES string of the molecule is Cc1cccc(CNC(=O)C2CN(C(=O)C3CCN(C)CC3)C2)n1. The maximum absolute atomic E-state index is 12.4. The Morgan fingerprint density at radius 3 is 2.58 bits per heavy atom. The Morgan fingerprint density at radius 2 is 1.92 bits per heavy atom. The fourth-order valence-electron chi connectivity index (χ4n) is 3.36. The van der Waals surface area contributed by atoms with Gasteiger partial charge < -0.3 is 15.1 Å². The zero-order chi connectivity index (χ0) is 17.1. The summed E-state index contributed by atoms with van der Waals surface area (Å²) in [5, 5.41) is 2.93. The highest BCUT2D eigenvalue weighted by Crippen LogP contribution is 2.24. The van der Waals surface area contributed by atoms with Crippen molar-refractivity contribution in [3.05, 3.63) is 29.6 Å². The number of nitrogens with zero attached hydrogens (tertiary/aromatic N) is 3. The van der Waals surface area contributed by atoms with Gasteiger partial charge in [-0.25, -0.2) is 0 Å². The molecule has 2 fully saturated rings. The van der Waals surface area contributed by atoms with E-state index in [-0.39, 0.29) is 23.7 Å². The lowest BCUT2D eigenvalue weighted by Crippen LogP contribution is -2.57. The number of amides is 2. The molecule has 0 aliphatic carbocycles. The number of aryl methyl sites for hydroxylation is 1. The van der Waals surface area contributed by atoms with E-state index in [4.69, 9.17) is 0 Å². The van der Waals surface area contributed by atoms with E-state index in [1.54, 1.807) is 0 Å². The molecule has 1 aromatic heterocycles.